The molecule has 9 unspecified atom stereocenters. The van der Waals surface area contributed by atoms with Crippen molar-refractivity contribution >= 4 is 268 Å². The molecule has 0 heterocycles. The van der Waals surface area contributed by atoms with Crippen molar-refractivity contribution in [1.82, 2.24) is 21.3 Å². The normalized spacial score (nSPS) is 14.1. The molecule has 0 aliphatic heterocycles. The van der Waals surface area contributed by atoms with Gasteiger partial charge in [0.1, 0.15) is 6.42 Å². The molecule has 0 aromatic heterocycles. The Kier molecular flexibility index (Phi) is 42.4. The molecule has 17 N–H and O–H groups in total. The van der Waals surface area contributed by atoms with Crippen LogP contribution in [-0.4, -0.2) is 224 Å². The second-order valence-corrected chi connectivity index (χ2v) is 29.0. The number of nitrogens with zero attached hydrogens (tertiary/aromatic N) is 2. The summed E-state index contributed by atoms with van der Waals surface area (Å²) >= 11 is 16.7. The van der Waals surface area contributed by atoms with Gasteiger partial charge in [0.05, 0.1) is 155 Å². The minimum absolute atomic E-state index is 0. The van der Waals surface area contributed by atoms with Crippen LogP contribution in [0.15, 0.2) is 6.07 Å². The van der Waals surface area contributed by atoms with Crippen molar-refractivity contribution in [2.45, 2.75) is 94.5 Å². The van der Waals surface area contributed by atoms with E-state index in [4.69, 9.17) is 0 Å². The molecule has 498 valence electrons. The molecule has 28 nitrogen and oxygen atoms in total. The maximum absolute atomic E-state index is 14.2. The van der Waals surface area contributed by atoms with Crippen LogP contribution in [0.3, 0.4) is 0 Å². The number of hydrogen-bond donors (Lipinski definition) is 17. The van der Waals surface area contributed by atoms with Gasteiger partial charge in [0.15, 0.2) is 0 Å². The second-order valence-electron chi connectivity index (χ2n) is 19.1. The van der Waals surface area contributed by atoms with E-state index < -0.39 is 155 Å². The van der Waals surface area contributed by atoms with Crippen molar-refractivity contribution in [1.29, 1.82) is 0 Å². The number of carboxylic acid groups (broad SMARTS) is 1. The first-order valence-electron chi connectivity index (χ1n) is 26.2. The topological polar surface area (TPSA) is 469 Å². The van der Waals surface area contributed by atoms with E-state index in [1.807, 2.05) is 19.9 Å². The molecular formula is C52H65I9N7NaO21. The number of hydrogen-bond acceptors (Lipinski definition) is 21. The summed E-state index contributed by atoms with van der Waals surface area (Å²) < 4.78 is 2.82. The first kappa shape index (κ1) is 88.5. The van der Waals surface area contributed by atoms with Crippen LogP contribution >= 0.6 is 203 Å². The van der Waals surface area contributed by atoms with Crippen LogP contribution < -0.4 is 71.0 Å². The Labute approximate surface area is 662 Å². The monoisotopic (exact) mass is 2290 g/mol. The Morgan fingerprint density at radius 2 is 0.778 bits per heavy atom. The Morgan fingerprint density at radius 1 is 0.478 bits per heavy atom. The number of halogens is 9. The van der Waals surface area contributed by atoms with Crippen molar-refractivity contribution < 1.29 is 134 Å². The van der Waals surface area contributed by atoms with E-state index in [9.17, 15) is 105 Å². The third-order valence-corrected chi connectivity index (χ3v) is 22.5. The molecule has 0 spiro atoms. The van der Waals surface area contributed by atoms with Crippen LogP contribution in [0, 0.1) is 38.0 Å². The second kappa shape index (κ2) is 43.1. The number of amides is 7. The number of benzene rings is 3. The van der Waals surface area contributed by atoms with Crippen molar-refractivity contribution in [2.24, 2.45) is 5.92 Å². The van der Waals surface area contributed by atoms with E-state index in [-0.39, 0.29) is 90.5 Å². The average molecular weight is 2290 g/mol. The first-order chi connectivity index (χ1) is 41.7. The molecule has 0 bridgehead atoms. The van der Waals surface area contributed by atoms with Crippen LogP contribution in [0.1, 0.15) is 86.5 Å². The maximum Gasteiger partial charge on any atom is 1.00 e. The fourth-order valence-corrected chi connectivity index (χ4v) is 21.7. The number of aliphatic carboxylic acids is 1. The standard InChI is InChI=1S/C37H48I6N6O18.C15H18I3NO3.Na/c1-48(32-28(40)22(34(64)44-12(4-50)16(58)8-54)26(38)23(29(32)41)35(65)45-13(5-51)17(59)9-55)20(62)3-21(63)49(2)33-30(42)24(36(66)46-14(6-52)18(60)10-56)27(39)25(31(33)43)37(67)47-15(7-53)19(61)11-57;1-3-5-12(20)19-14-11(17)7-10(16)9(13(14)18)6-8(4-2)15(21)22;/h12-19,50-61H,3-11H2,1-2H3,(H,44,64)(H,45,65)(H,46,66)(H,47,67);7-8H,3-6H2,1-2H3,(H,19,20)(H,21,22);/q;;+1/p-1. The van der Waals surface area contributed by atoms with E-state index in [1.54, 1.807) is 136 Å². The van der Waals surface area contributed by atoms with E-state index in [0.29, 0.717) is 19.3 Å². The van der Waals surface area contributed by atoms with E-state index in [2.05, 4.69) is 94.4 Å². The van der Waals surface area contributed by atoms with Gasteiger partial charge < -0.3 is 108 Å². The van der Waals surface area contributed by atoms with E-state index >= 15 is 0 Å². The quantitative estimate of drug-likeness (QED) is 0.0170. The van der Waals surface area contributed by atoms with Crippen LogP contribution in [0.5, 0.6) is 0 Å². The fraction of sp³-hybridized carbons (Fsp3) is 0.500. The predicted molar refractivity (Wildman–Crippen MR) is 397 cm³/mol. The summed E-state index contributed by atoms with van der Waals surface area (Å²) in [4.78, 5) is 109. The molecule has 0 aliphatic carbocycles. The number of aliphatic hydroxyl groups excluding tert-OH is 12. The van der Waals surface area contributed by atoms with Gasteiger partial charge in [-0.05, 0) is 234 Å². The van der Waals surface area contributed by atoms with Gasteiger partial charge in [-0.1, -0.05) is 13.8 Å². The number of carboxylic acids is 1. The summed E-state index contributed by atoms with van der Waals surface area (Å²) in [5, 5.41) is 142. The summed E-state index contributed by atoms with van der Waals surface area (Å²) in [7, 11) is 2.42. The summed E-state index contributed by atoms with van der Waals surface area (Å²) in [6.45, 7) is -2.97. The number of rotatable bonds is 31. The maximum atomic E-state index is 14.2. The van der Waals surface area contributed by atoms with Gasteiger partial charge >= 0.3 is 29.6 Å². The molecule has 90 heavy (non-hydrogen) atoms. The van der Waals surface area contributed by atoms with Gasteiger partial charge in [0, 0.05) is 50.3 Å². The Bertz CT molecular complexity index is 2790. The van der Waals surface area contributed by atoms with Gasteiger partial charge in [-0.3, -0.25) is 33.6 Å². The Hall–Kier alpha value is 0.510. The number of aliphatic hydroxyl groups is 12. The van der Waals surface area contributed by atoms with Crippen LogP contribution in [-0.2, 0) is 25.6 Å². The molecule has 0 saturated carbocycles. The molecular weight excluding hydrogens is 2220 g/mol. The molecule has 7 amide bonds. The van der Waals surface area contributed by atoms with Crippen molar-refractivity contribution in [2.75, 3.05) is 82.1 Å². The molecule has 9 atom stereocenters. The van der Waals surface area contributed by atoms with E-state index in [0.717, 1.165) is 38.2 Å². The van der Waals surface area contributed by atoms with Crippen molar-refractivity contribution in [3.05, 3.63) is 66.0 Å². The van der Waals surface area contributed by atoms with Gasteiger partial charge in [0.25, 0.3) is 23.6 Å². The van der Waals surface area contributed by atoms with Crippen LogP contribution in [0.2, 0.25) is 0 Å². The summed E-state index contributed by atoms with van der Waals surface area (Å²) in [6.07, 6.45) is -5.27. The zero-order valence-corrected chi connectivity index (χ0v) is 69.7. The Balaban J connectivity index is 0.00000148. The first-order valence-corrected chi connectivity index (χ1v) is 35.9. The van der Waals surface area contributed by atoms with E-state index in [1.165, 1.54) is 14.1 Å². The van der Waals surface area contributed by atoms with Gasteiger partial charge in [-0.15, -0.1) is 0 Å². The average Bonchev–Trinajstić information content (AvgIpc) is 0.850. The zero-order valence-electron chi connectivity index (χ0n) is 48.3. The third kappa shape index (κ3) is 23.6. The molecule has 0 saturated heterocycles. The molecule has 3 rings (SSSR count). The van der Waals surface area contributed by atoms with Gasteiger partial charge in [0.2, 0.25) is 17.7 Å². The SMILES string of the molecule is CCCC(=O)Nc1c(I)cc(I)c(CC(CC)C(=O)[O-])c1I.CN(C(=O)CC(=O)N(C)c1c(I)c(C(=O)NC(CO)C(O)CO)c(I)c(C(=O)NC(CO)C(O)CO)c1I)c1c(I)c(C(=O)NC(CO)C(O)CO)c(I)c(C(=O)NC(CO)C(O)CO)c1I.[Na+]. The summed E-state index contributed by atoms with van der Waals surface area (Å²) in [5.41, 5.74) is 0.400. The zero-order chi connectivity index (χ0) is 68.2. The number of carbonyl (C=O) groups is 8. The summed E-state index contributed by atoms with van der Waals surface area (Å²) in [6, 6.07) is -3.67. The third-order valence-electron chi connectivity index (χ3n) is 13.2. The number of carbonyl (C=O) groups excluding carboxylic acids is 8. The van der Waals surface area contributed by atoms with Gasteiger partial charge in [-0.2, -0.15) is 0 Å². The number of nitrogens with one attached hydrogen (secondary N) is 5. The minimum Gasteiger partial charge on any atom is -0.550 e. The van der Waals surface area contributed by atoms with Gasteiger partial charge in [-0.25, -0.2) is 0 Å². The van der Waals surface area contributed by atoms with Crippen LogP contribution in [0.25, 0.3) is 0 Å². The van der Waals surface area contributed by atoms with Crippen LogP contribution in [0.4, 0.5) is 17.1 Å². The molecule has 3 aromatic carbocycles. The molecule has 3 aromatic rings. The molecule has 0 aliphatic rings. The minimum atomic E-state index is -1.63. The van der Waals surface area contributed by atoms with Crippen molar-refractivity contribution in [3.8, 4) is 0 Å². The molecule has 0 fully saturated rings. The number of anilines is 3. The summed E-state index contributed by atoms with van der Waals surface area (Å²) in [5.74, 6) is -7.44. The van der Waals surface area contributed by atoms with Crippen molar-refractivity contribution in [3.63, 3.8) is 0 Å². The molecule has 0 radical (unpaired) electrons. The predicted octanol–water partition coefficient (Wildman–Crippen LogP) is -3.33. The molecule has 38 heteroatoms. The largest absolute Gasteiger partial charge is 1.00 e. The Morgan fingerprint density at radius 3 is 1.02 bits per heavy atom. The smallest absolute Gasteiger partial charge is 0.550 e. The fourth-order valence-electron chi connectivity index (χ4n) is 7.83.